The second kappa shape index (κ2) is 5.89. The first-order valence-electron chi connectivity index (χ1n) is 9.15. The van der Waals surface area contributed by atoms with Crippen LogP contribution in [0.25, 0.3) is 0 Å². The Morgan fingerprint density at radius 1 is 1.23 bits per heavy atom. The largest absolute Gasteiger partial charge is 0.392 e. The molecule has 5 atom stereocenters. The van der Waals surface area contributed by atoms with E-state index in [0.717, 1.165) is 12.8 Å². The highest BCUT2D eigenvalue weighted by Gasteiger charge is 2.70. The van der Waals surface area contributed by atoms with Gasteiger partial charge in [0.2, 0.25) is 17.7 Å². The van der Waals surface area contributed by atoms with Gasteiger partial charge in [-0.25, -0.2) is 0 Å². The van der Waals surface area contributed by atoms with E-state index in [4.69, 9.17) is 0 Å². The van der Waals surface area contributed by atoms with Gasteiger partial charge in [0.15, 0.2) is 0 Å². The van der Waals surface area contributed by atoms with Crippen LogP contribution < -0.4 is 10.6 Å². The Morgan fingerprint density at radius 2 is 1.96 bits per heavy atom. The van der Waals surface area contributed by atoms with Crippen LogP contribution in [-0.2, 0) is 19.9 Å². The number of imide groups is 1. The molecule has 7 nitrogen and oxygen atoms in total. The number of nitrogens with zero attached hydrogens (tertiary/aromatic N) is 1. The van der Waals surface area contributed by atoms with Crippen LogP contribution in [0, 0.1) is 11.8 Å². The Balaban J connectivity index is 1.85. The topological polar surface area (TPSA) is 98.7 Å². The number of unbranched alkanes of at least 4 members (excludes halogenated alkanes) is 1. The van der Waals surface area contributed by atoms with Gasteiger partial charge in [-0.15, -0.1) is 0 Å². The number of hydrogen-bond acceptors (Lipinski definition) is 5. The second-order valence-corrected chi connectivity index (χ2v) is 7.40. The van der Waals surface area contributed by atoms with Crippen LogP contribution in [-0.4, -0.2) is 46.4 Å². The minimum atomic E-state index is -1.31. The number of aliphatic hydroxyl groups is 1. The maximum atomic E-state index is 13.2. The van der Waals surface area contributed by atoms with Gasteiger partial charge in [0.05, 0.1) is 17.9 Å². The van der Waals surface area contributed by atoms with E-state index in [1.165, 1.54) is 4.90 Å². The highest BCUT2D eigenvalue weighted by Crippen LogP contribution is 2.53. The molecule has 0 bridgehead atoms. The smallest absolute Gasteiger partial charge is 0.250 e. The predicted octanol–water partition coefficient (Wildman–Crippen LogP) is 0.588. The molecular formula is C19H23N3O4. The summed E-state index contributed by atoms with van der Waals surface area (Å²) < 4.78 is 0. The predicted molar refractivity (Wildman–Crippen MR) is 94.0 cm³/mol. The molecule has 3 aliphatic heterocycles. The number of hydrogen-bond donors (Lipinski definition) is 3. The number of likely N-dealkylation sites (tertiary alicyclic amines) is 1. The average Bonchev–Trinajstić information content (AvgIpc) is 3.20. The molecule has 7 heteroatoms. The number of amides is 3. The summed E-state index contributed by atoms with van der Waals surface area (Å²) in [6, 6.07) is 6.55. The van der Waals surface area contributed by atoms with Gasteiger partial charge in [-0.05, 0) is 19.4 Å². The fourth-order valence-electron chi connectivity index (χ4n) is 4.70. The number of para-hydroxylation sites is 1. The zero-order chi connectivity index (χ0) is 18.6. The lowest BCUT2D eigenvalue weighted by Gasteiger charge is -2.30. The fraction of sp³-hybridized carbons (Fsp3) is 0.526. The number of fused-ring (bicyclic) bond motifs is 4. The van der Waals surface area contributed by atoms with Crippen molar-refractivity contribution < 1.29 is 19.5 Å². The molecule has 138 valence electrons. The summed E-state index contributed by atoms with van der Waals surface area (Å²) in [5, 5.41) is 16.3. The Kier molecular flexibility index (Phi) is 3.89. The lowest BCUT2D eigenvalue weighted by molar-refractivity contribution is -0.143. The molecule has 2 fully saturated rings. The number of benzene rings is 1. The molecule has 1 spiro atoms. The standard InChI is InChI=1S/C19H23N3O4/c1-3-4-9-22-16(24)13-14(17(22)25)19(21-15(13)10(2)23)11-7-5-6-8-12(11)20-18(19)26/h5-8,10,13-15,21,23H,3-4,9H2,1-2H3,(H,20,26)/t10-,13-,14-,15-,19-/m1/s1. The third-order valence-electron chi connectivity index (χ3n) is 5.90. The van der Waals surface area contributed by atoms with Crippen molar-refractivity contribution in [3.05, 3.63) is 29.8 Å². The SMILES string of the molecule is CCCCN1C(=O)[C@H]2[C@@H]([C@@H](C)O)N[C@@]3(C(=O)Nc4ccccc43)[C@H]2C1=O. The molecule has 0 unspecified atom stereocenters. The number of aliphatic hydroxyl groups excluding tert-OH is 1. The summed E-state index contributed by atoms with van der Waals surface area (Å²) in [6.07, 6.45) is 0.712. The lowest BCUT2D eigenvalue weighted by atomic mass is 9.76. The van der Waals surface area contributed by atoms with Gasteiger partial charge >= 0.3 is 0 Å². The molecule has 3 heterocycles. The monoisotopic (exact) mass is 357 g/mol. The van der Waals surface area contributed by atoms with Crippen LogP contribution >= 0.6 is 0 Å². The van der Waals surface area contributed by atoms with Crippen LogP contribution in [0.3, 0.4) is 0 Å². The van der Waals surface area contributed by atoms with E-state index in [1.807, 2.05) is 19.1 Å². The highest BCUT2D eigenvalue weighted by molar-refractivity contribution is 6.15. The highest BCUT2D eigenvalue weighted by atomic mass is 16.3. The minimum absolute atomic E-state index is 0.291. The Hall–Kier alpha value is -2.25. The average molecular weight is 357 g/mol. The minimum Gasteiger partial charge on any atom is -0.392 e. The second-order valence-electron chi connectivity index (χ2n) is 7.40. The zero-order valence-corrected chi connectivity index (χ0v) is 14.9. The molecule has 0 radical (unpaired) electrons. The molecule has 3 amide bonds. The van der Waals surface area contributed by atoms with Crippen LogP contribution in [0.5, 0.6) is 0 Å². The molecule has 0 saturated carbocycles. The Morgan fingerprint density at radius 3 is 2.65 bits per heavy atom. The molecule has 1 aromatic rings. The summed E-state index contributed by atoms with van der Waals surface area (Å²) >= 11 is 0. The van der Waals surface area contributed by atoms with E-state index in [1.54, 1.807) is 19.1 Å². The van der Waals surface area contributed by atoms with Gasteiger partial charge in [0.25, 0.3) is 0 Å². The molecule has 3 N–H and O–H groups in total. The van der Waals surface area contributed by atoms with E-state index in [0.29, 0.717) is 17.8 Å². The van der Waals surface area contributed by atoms with Gasteiger partial charge < -0.3 is 10.4 Å². The summed E-state index contributed by atoms with van der Waals surface area (Å²) in [6.45, 7) is 3.93. The van der Waals surface area contributed by atoms with E-state index < -0.39 is 29.5 Å². The zero-order valence-electron chi connectivity index (χ0n) is 14.9. The maximum Gasteiger partial charge on any atom is 0.250 e. The van der Waals surface area contributed by atoms with Crippen molar-refractivity contribution in [2.75, 3.05) is 11.9 Å². The van der Waals surface area contributed by atoms with E-state index in [9.17, 15) is 19.5 Å². The molecule has 26 heavy (non-hydrogen) atoms. The van der Waals surface area contributed by atoms with Crippen molar-refractivity contribution in [3.63, 3.8) is 0 Å². The van der Waals surface area contributed by atoms with Crippen molar-refractivity contribution in [1.29, 1.82) is 0 Å². The first kappa shape index (κ1) is 17.2. The molecule has 0 aromatic heterocycles. The van der Waals surface area contributed by atoms with Gasteiger partial charge in [0, 0.05) is 23.8 Å². The van der Waals surface area contributed by atoms with Crippen LogP contribution in [0.2, 0.25) is 0 Å². The molecular weight excluding hydrogens is 334 g/mol. The van der Waals surface area contributed by atoms with Gasteiger partial charge in [-0.1, -0.05) is 31.5 Å². The number of anilines is 1. The number of nitrogens with one attached hydrogen (secondary N) is 2. The van der Waals surface area contributed by atoms with Crippen molar-refractivity contribution in [1.82, 2.24) is 10.2 Å². The van der Waals surface area contributed by atoms with Gasteiger partial charge in [0.1, 0.15) is 5.54 Å². The summed E-state index contributed by atoms with van der Waals surface area (Å²) in [5.41, 5.74) is 0.000255. The van der Waals surface area contributed by atoms with Gasteiger partial charge in [-0.2, -0.15) is 0 Å². The van der Waals surface area contributed by atoms with Gasteiger partial charge in [-0.3, -0.25) is 24.6 Å². The Bertz CT molecular complexity index is 793. The summed E-state index contributed by atoms with van der Waals surface area (Å²) in [7, 11) is 0. The molecule has 2 saturated heterocycles. The van der Waals surface area contributed by atoms with Crippen molar-refractivity contribution in [2.45, 2.75) is 44.4 Å². The van der Waals surface area contributed by atoms with E-state index in [-0.39, 0.29) is 17.7 Å². The molecule has 3 aliphatic rings. The summed E-state index contributed by atoms with van der Waals surface area (Å²) in [5.74, 6) is -2.53. The molecule has 4 rings (SSSR count). The first-order chi connectivity index (χ1) is 12.4. The number of carbonyl (C=O) groups is 3. The van der Waals surface area contributed by atoms with Crippen LogP contribution in [0.1, 0.15) is 32.3 Å². The third kappa shape index (κ3) is 2.04. The first-order valence-corrected chi connectivity index (χ1v) is 9.15. The third-order valence-corrected chi connectivity index (χ3v) is 5.90. The Labute approximate surface area is 151 Å². The summed E-state index contributed by atoms with van der Waals surface area (Å²) in [4.78, 5) is 40.5. The molecule has 0 aliphatic carbocycles. The van der Waals surface area contributed by atoms with Crippen LogP contribution in [0.15, 0.2) is 24.3 Å². The normalized spacial score (nSPS) is 33.6. The maximum absolute atomic E-state index is 13.2. The van der Waals surface area contributed by atoms with Crippen molar-refractivity contribution in [3.8, 4) is 0 Å². The number of rotatable bonds is 4. The molecule has 1 aromatic carbocycles. The lowest BCUT2D eigenvalue weighted by Crippen LogP contribution is -2.54. The van der Waals surface area contributed by atoms with E-state index >= 15 is 0 Å². The number of carbonyl (C=O) groups excluding carboxylic acids is 3. The fourth-order valence-corrected chi connectivity index (χ4v) is 4.70. The van der Waals surface area contributed by atoms with E-state index in [2.05, 4.69) is 10.6 Å². The van der Waals surface area contributed by atoms with Crippen molar-refractivity contribution in [2.24, 2.45) is 11.8 Å². The quantitative estimate of drug-likeness (QED) is 0.685. The van der Waals surface area contributed by atoms with Crippen molar-refractivity contribution >= 4 is 23.4 Å². The van der Waals surface area contributed by atoms with Crippen LogP contribution in [0.4, 0.5) is 5.69 Å².